The average molecular weight is 433 g/mol. The highest BCUT2D eigenvalue weighted by atomic mass is 79.9. The Labute approximate surface area is 164 Å². The molecule has 25 heavy (non-hydrogen) atoms. The molecule has 0 heterocycles. The Balaban J connectivity index is 1.59. The maximum absolute atomic E-state index is 12.3. The second-order valence-corrected chi connectivity index (χ2v) is 7.80. The van der Waals surface area contributed by atoms with Crippen LogP contribution in [0.1, 0.15) is 15.9 Å². The van der Waals surface area contributed by atoms with E-state index in [0.717, 1.165) is 20.9 Å². The van der Waals surface area contributed by atoms with Crippen LogP contribution >= 0.6 is 39.3 Å². The van der Waals surface area contributed by atoms with Crippen molar-refractivity contribution in [3.8, 4) is 0 Å². The quantitative estimate of drug-likeness (QED) is 0.457. The highest BCUT2D eigenvalue weighted by Crippen LogP contribution is 2.24. The van der Waals surface area contributed by atoms with Gasteiger partial charge in [0.2, 0.25) is 0 Å². The van der Waals surface area contributed by atoms with Gasteiger partial charge in [-0.05, 0) is 60.2 Å². The molecule has 0 atom stereocenters. The predicted octanol–water partition coefficient (Wildman–Crippen LogP) is 6.65. The van der Waals surface area contributed by atoms with Gasteiger partial charge in [-0.1, -0.05) is 45.7 Å². The number of nitrogens with one attached hydrogen (secondary N) is 1. The van der Waals surface area contributed by atoms with Gasteiger partial charge in [0.15, 0.2) is 0 Å². The van der Waals surface area contributed by atoms with E-state index in [0.29, 0.717) is 5.56 Å². The van der Waals surface area contributed by atoms with Gasteiger partial charge >= 0.3 is 0 Å². The van der Waals surface area contributed by atoms with Crippen LogP contribution < -0.4 is 5.32 Å². The van der Waals surface area contributed by atoms with Gasteiger partial charge < -0.3 is 5.32 Å². The monoisotopic (exact) mass is 431 g/mol. The highest BCUT2D eigenvalue weighted by Gasteiger charge is 2.06. The van der Waals surface area contributed by atoms with Gasteiger partial charge in [0.05, 0.1) is 0 Å². The Kier molecular flexibility index (Phi) is 6.19. The first kappa shape index (κ1) is 18.1. The molecular weight excluding hydrogens is 418 g/mol. The highest BCUT2D eigenvalue weighted by molar-refractivity contribution is 9.10. The topological polar surface area (TPSA) is 29.1 Å². The van der Waals surface area contributed by atoms with Gasteiger partial charge in [-0.25, -0.2) is 0 Å². The molecule has 0 bridgehead atoms. The molecule has 0 fully saturated rings. The minimum absolute atomic E-state index is 0.116. The summed E-state index contributed by atoms with van der Waals surface area (Å²) >= 11 is 11.0. The van der Waals surface area contributed by atoms with Crippen LogP contribution in [0.5, 0.6) is 0 Å². The fourth-order valence-electron chi connectivity index (χ4n) is 2.22. The number of amides is 1. The van der Waals surface area contributed by atoms with Crippen molar-refractivity contribution in [2.24, 2.45) is 0 Å². The third kappa shape index (κ3) is 5.36. The molecule has 5 heteroatoms. The Morgan fingerprint density at radius 1 is 1.00 bits per heavy atom. The van der Waals surface area contributed by atoms with E-state index >= 15 is 0 Å². The molecule has 0 unspecified atom stereocenters. The molecular formula is C20H15BrClNOS. The normalized spacial score (nSPS) is 10.5. The fraction of sp³-hybridized carbons (Fsp3) is 0.0500. The summed E-state index contributed by atoms with van der Waals surface area (Å²) in [4.78, 5) is 13.5. The summed E-state index contributed by atoms with van der Waals surface area (Å²) in [5, 5.41) is 3.64. The third-order valence-corrected chi connectivity index (χ3v) is 5.35. The predicted molar refractivity (Wildman–Crippen MR) is 110 cm³/mol. The van der Waals surface area contributed by atoms with Crippen LogP contribution in [0.15, 0.2) is 82.2 Å². The van der Waals surface area contributed by atoms with E-state index < -0.39 is 0 Å². The fourth-order valence-corrected chi connectivity index (χ4v) is 3.60. The van der Waals surface area contributed by atoms with E-state index in [1.165, 1.54) is 10.5 Å². The van der Waals surface area contributed by atoms with E-state index in [-0.39, 0.29) is 5.91 Å². The minimum Gasteiger partial charge on any atom is -0.322 e. The van der Waals surface area contributed by atoms with Gasteiger partial charge in [-0.3, -0.25) is 4.79 Å². The summed E-state index contributed by atoms with van der Waals surface area (Å²) in [6, 6.07) is 23.0. The molecule has 3 aromatic rings. The molecule has 0 saturated carbocycles. The molecule has 0 aromatic heterocycles. The second-order valence-electron chi connectivity index (χ2n) is 5.40. The smallest absolute Gasteiger partial charge is 0.255 e. The molecule has 0 aliphatic carbocycles. The van der Waals surface area contributed by atoms with Crippen molar-refractivity contribution in [1.82, 2.24) is 0 Å². The van der Waals surface area contributed by atoms with Crippen LogP contribution in [-0.4, -0.2) is 5.91 Å². The lowest BCUT2D eigenvalue weighted by Gasteiger charge is -2.07. The van der Waals surface area contributed by atoms with Crippen molar-refractivity contribution in [3.05, 3.63) is 93.4 Å². The number of hydrogen-bond acceptors (Lipinski definition) is 2. The maximum atomic E-state index is 12.3. The number of halogens is 2. The number of carbonyl (C=O) groups excluding carboxylic acids is 1. The van der Waals surface area contributed by atoms with Gasteiger partial charge in [0.25, 0.3) is 5.91 Å². The van der Waals surface area contributed by atoms with Gasteiger partial charge in [-0.2, -0.15) is 0 Å². The van der Waals surface area contributed by atoms with Crippen LogP contribution in [0.3, 0.4) is 0 Å². The zero-order valence-electron chi connectivity index (χ0n) is 13.2. The molecule has 0 aliphatic heterocycles. The number of anilines is 1. The van der Waals surface area contributed by atoms with Crippen molar-refractivity contribution >= 4 is 50.9 Å². The lowest BCUT2D eigenvalue weighted by molar-refractivity contribution is 0.102. The summed E-state index contributed by atoms with van der Waals surface area (Å²) in [6.45, 7) is 0. The second kappa shape index (κ2) is 8.56. The molecule has 3 rings (SSSR count). The first-order valence-electron chi connectivity index (χ1n) is 7.64. The largest absolute Gasteiger partial charge is 0.322 e. The molecule has 0 aliphatic rings. The van der Waals surface area contributed by atoms with Crippen molar-refractivity contribution in [2.45, 2.75) is 10.6 Å². The molecule has 1 N–H and O–H groups in total. The third-order valence-electron chi connectivity index (χ3n) is 3.52. The van der Waals surface area contributed by atoms with Crippen LogP contribution in [0.25, 0.3) is 0 Å². The van der Waals surface area contributed by atoms with E-state index in [9.17, 15) is 4.79 Å². The van der Waals surface area contributed by atoms with Crippen LogP contribution in [0, 0.1) is 0 Å². The SMILES string of the molecule is O=C(Nc1cccc(Br)c1)c1ccc(CSc2ccc(Cl)cc2)cc1. The van der Waals surface area contributed by atoms with Gasteiger partial charge in [-0.15, -0.1) is 11.8 Å². The Bertz CT molecular complexity index is 866. The molecule has 2 nitrogen and oxygen atoms in total. The Morgan fingerprint density at radius 3 is 2.40 bits per heavy atom. The summed E-state index contributed by atoms with van der Waals surface area (Å²) < 4.78 is 0.930. The van der Waals surface area contributed by atoms with E-state index in [1.54, 1.807) is 11.8 Å². The van der Waals surface area contributed by atoms with Crippen LogP contribution in [0.4, 0.5) is 5.69 Å². The number of carbonyl (C=O) groups is 1. The minimum atomic E-state index is -0.116. The summed E-state index contributed by atoms with van der Waals surface area (Å²) in [7, 11) is 0. The molecule has 3 aromatic carbocycles. The van der Waals surface area contributed by atoms with Crippen molar-refractivity contribution in [3.63, 3.8) is 0 Å². The number of benzene rings is 3. The number of thioether (sulfide) groups is 1. The molecule has 0 spiro atoms. The van der Waals surface area contributed by atoms with Crippen LogP contribution in [0.2, 0.25) is 5.02 Å². The summed E-state index contributed by atoms with van der Waals surface area (Å²) in [6.07, 6.45) is 0. The first-order chi connectivity index (χ1) is 12.1. The number of rotatable bonds is 5. The molecule has 126 valence electrons. The lowest BCUT2D eigenvalue weighted by Crippen LogP contribution is -2.11. The zero-order chi connectivity index (χ0) is 17.6. The van der Waals surface area contributed by atoms with E-state index in [4.69, 9.17) is 11.6 Å². The molecule has 1 amide bonds. The van der Waals surface area contributed by atoms with E-state index in [2.05, 4.69) is 21.2 Å². The van der Waals surface area contributed by atoms with Gasteiger partial charge in [0.1, 0.15) is 0 Å². The van der Waals surface area contributed by atoms with Gasteiger partial charge in [0, 0.05) is 31.4 Å². The van der Waals surface area contributed by atoms with Crippen LogP contribution in [-0.2, 0) is 5.75 Å². The van der Waals surface area contributed by atoms with Crippen molar-refractivity contribution in [2.75, 3.05) is 5.32 Å². The first-order valence-corrected chi connectivity index (χ1v) is 9.80. The van der Waals surface area contributed by atoms with Crippen molar-refractivity contribution in [1.29, 1.82) is 0 Å². The van der Waals surface area contributed by atoms with E-state index in [1.807, 2.05) is 72.8 Å². The summed E-state index contributed by atoms with van der Waals surface area (Å²) in [5.41, 5.74) is 2.57. The molecule has 0 radical (unpaired) electrons. The Morgan fingerprint density at radius 2 is 1.72 bits per heavy atom. The van der Waals surface area contributed by atoms with Crippen molar-refractivity contribution < 1.29 is 4.79 Å². The lowest BCUT2D eigenvalue weighted by atomic mass is 10.1. The average Bonchev–Trinajstić information content (AvgIpc) is 2.62. The number of hydrogen-bond donors (Lipinski definition) is 1. The maximum Gasteiger partial charge on any atom is 0.255 e. The molecule has 0 saturated heterocycles. The zero-order valence-corrected chi connectivity index (χ0v) is 16.4. The Hall–Kier alpha value is -1.75. The summed E-state index contributed by atoms with van der Waals surface area (Å²) in [5.74, 6) is 0.727. The standard InChI is InChI=1S/C20H15BrClNOS/c21-16-2-1-3-18(12-16)23-20(24)15-6-4-14(5-7-15)13-25-19-10-8-17(22)9-11-19/h1-12H,13H2,(H,23,24).